The number of carbonyl (C=O) groups is 1. The number of benzene rings is 2. The van der Waals surface area contributed by atoms with Crippen LogP contribution in [0.5, 0.6) is 0 Å². The van der Waals surface area contributed by atoms with Gasteiger partial charge >= 0.3 is 0 Å². The van der Waals surface area contributed by atoms with E-state index in [2.05, 4.69) is 33.5 Å². The van der Waals surface area contributed by atoms with Crippen molar-refractivity contribution in [3.05, 3.63) is 77.7 Å². The zero-order valence-corrected chi connectivity index (χ0v) is 14.5. The van der Waals surface area contributed by atoms with E-state index < -0.39 is 0 Å². The molecule has 0 saturated heterocycles. The Labute approximate surface area is 147 Å². The van der Waals surface area contributed by atoms with Gasteiger partial charge in [-0.3, -0.25) is 4.79 Å². The fraction of sp³-hybridized carbons (Fsp3) is 0.150. The number of carbonyl (C=O) groups excluding carboxylic acids is 1. The van der Waals surface area contributed by atoms with Gasteiger partial charge in [0.05, 0.1) is 12.4 Å². The Hall–Kier alpha value is -3.21. The van der Waals surface area contributed by atoms with Crippen LogP contribution in [0.25, 0.3) is 0 Å². The first-order valence-electron chi connectivity index (χ1n) is 8.04. The molecule has 2 aromatic carbocycles. The molecule has 0 unspecified atom stereocenters. The summed E-state index contributed by atoms with van der Waals surface area (Å²) < 4.78 is 0. The Morgan fingerprint density at radius 1 is 1.00 bits per heavy atom. The van der Waals surface area contributed by atoms with Gasteiger partial charge in [0.2, 0.25) is 0 Å². The molecule has 5 nitrogen and oxygen atoms in total. The van der Waals surface area contributed by atoms with Crippen molar-refractivity contribution in [2.24, 2.45) is 0 Å². The molecule has 126 valence electrons. The SMILES string of the molecule is Cc1ccc(C)c(Nc2cnc(C(=O)N(C)c3ccccc3)cn2)c1. The van der Waals surface area contributed by atoms with Crippen LogP contribution in [-0.2, 0) is 0 Å². The Morgan fingerprint density at radius 2 is 1.76 bits per heavy atom. The lowest BCUT2D eigenvalue weighted by atomic mass is 10.1. The van der Waals surface area contributed by atoms with Crippen LogP contribution in [0.4, 0.5) is 17.2 Å². The lowest BCUT2D eigenvalue weighted by Crippen LogP contribution is -2.27. The molecule has 3 rings (SSSR count). The van der Waals surface area contributed by atoms with Crippen LogP contribution < -0.4 is 10.2 Å². The van der Waals surface area contributed by atoms with E-state index in [0.717, 1.165) is 22.5 Å². The highest BCUT2D eigenvalue weighted by Gasteiger charge is 2.15. The van der Waals surface area contributed by atoms with Gasteiger partial charge in [0.25, 0.3) is 5.91 Å². The molecule has 0 spiro atoms. The summed E-state index contributed by atoms with van der Waals surface area (Å²) in [4.78, 5) is 22.7. The van der Waals surface area contributed by atoms with E-state index in [1.807, 2.05) is 44.2 Å². The summed E-state index contributed by atoms with van der Waals surface area (Å²) in [6.45, 7) is 4.07. The van der Waals surface area contributed by atoms with Crippen LogP contribution >= 0.6 is 0 Å². The molecule has 0 bridgehead atoms. The fourth-order valence-electron chi connectivity index (χ4n) is 2.45. The van der Waals surface area contributed by atoms with Crippen molar-refractivity contribution in [2.45, 2.75) is 13.8 Å². The number of aromatic nitrogens is 2. The maximum atomic E-state index is 12.5. The van der Waals surface area contributed by atoms with Gasteiger partial charge in [-0.15, -0.1) is 0 Å². The molecule has 0 aliphatic heterocycles. The van der Waals surface area contributed by atoms with E-state index in [0.29, 0.717) is 11.5 Å². The van der Waals surface area contributed by atoms with Crippen LogP contribution in [0.15, 0.2) is 60.9 Å². The summed E-state index contributed by atoms with van der Waals surface area (Å²) in [5, 5.41) is 3.24. The third-order valence-electron chi connectivity index (χ3n) is 3.97. The van der Waals surface area contributed by atoms with Crippen LogP contribution in [0.3, 0.4) is 0 Å². The predicted molar refractivity (Wildman–Crippen MR) is 100 cm³/mol. The highest BCUT2D eigenvalue weighted by atomic mass is 16.2. The minimum Gasteiger partial charge on any atom is -0.339 e. The third kappa shape index (κ3) is 3.83. The summed E-state index contributed by atoms with van der Waals surface area (Å²) in [5.41, 5.74) is 4.38. The molecule has 0 saturated carbocycles. The van der Waals surface area contributed by atoms with Crippen molar-refractivity contribution in [3.63, 3.8) is 0 Å². The summed E-state index contributed by atoms with van der Waals surface area (Å²) >= 11 is 0. The lowest BCUT2D eigenvalue weighted by molar-refractivity contribution is 0.0988. The molecule has 1 amide bonds. The third-order valence-corrected chi connectivity index (χ3v) is 3.97. The Morgan fingerprint density at radius 3 is 2.44 bits per heavy atom. The monoisotopic (exact) mass is 332 g/mol. The van der Waals surface area contributed by atoms with E-state index in [-0.39, 0.29) is 5.91 Å². The van der Waals surface area contributed by atoms with E-state index in [9.17, 15) is 4.79 Å². The van der Waals surface area contributed by atoms with Gasteiger partial charge in [0.15, 0.2) is 0 Å². The minimum atomic E-state index is -0.197. The molecular weight excluding hydrogens is 312 g/mol. The number of nitrogens with one attached hydrogen (secondary N) is 1. The van der Waals surface area contributed by atoms with Crippen LogP contribution in [0, 0.1) is 13.8 Å². The second-order valence-corrected chi connectivity index (χ2v) is 5.93. The van der Waals surface area contributed by atoms with Crippen molar-refractivity contribution in [2.75, 3.05) is 17.3 Å². The van der Waals surface area contributed by atoms with Gasteiger partial charge in [0.1, 0.15) is 11.5 Å². The number of hydrogen-bond acceptors (Lipinski definition) is 4. The van der Waals surface area contributed by atoms with Gasteiger partial charge in [-0.05, 0) is 43.2 Å². The van der Waals surface area contributed by atoms with Crippen molar-refractivity contribution in [3.8, 4) is 0 Å². The predicted octanol–water partition coefficient (Wildman–Crippen LogP) is 4.11. The number of para-hydroxylation sites is 1. The molecule has 1 N–H and O–H groups in total. The smallest absolute Gasteiger partial charge is 0.278 e. The largest absolute Gasteiger partial charge is 0.339 e. The molecule has 1 heterocycles. The summed E-state index contributed by atoms with van der Waals surface area (Å²) in [7, 11) is 1.72. The second-order valence-electron chi connectivity index (χ2n) is 5.93. The molecule has 0 radical (unpaired) electrons. The Bertz CT molecular complexity index is 876. The van der Waals surface area contributed by atoms with Crippen molar-refractivity contribution in [1.82, 2.24) is 9.97 Å². The first-order chi connectivity index (χ1) is 12.0. The van der Waals surface area contributed by atoms with E-state index in [1.165, 1.54) is 6.20 Å². The van der Waals surface area contributed by atoms with Crippen LogP contribution in [0.1, 0.15) is 21.6 Å². The van der Waals surface area contributed by atoms with Crippen molar-refractivity contribution < 1.29 is 4.79 Å². The number of amides is 1. The van der Waals surface area contributed by atoms with Gasteiger partial charge in [0, 0.05) is 18.4 Å². The van der Waals surface area contributed by atoms with Gasteiger partial charge < -0.3 is 10.2 Å². The molecule has 3 aromatic rings. The van der Waals surface area contributed by atoms with Gasteiger partial charge in [-0.2, -0.15) is 0 Å². The molecule has 0 aliphatic rings. The summed E-state index contributed by atoms with van der Waals surface area (Å²) in [6.07, 6.45) is 3.07. The van der Waals surface area contributed by atoms with Crippen LogP contribution in [0.2, 0.25) is 0 Å². The van der Waals surface area contributed by atoms with Crippen LogP contribution in [-0.4, -0.2) is 22.9 Å². The molecule has 25 heavy (non-hydrogen) atoms. The normalized spacial score (nSPS) is 10.4. The van der Waals surface area contributed by atoms with E-state index in [4.69, 9.17) is 0 Å². The molecule has 1 aromatic heterocycles. The highest BCUT2D eigenvalue weighted by Crippen LogP contribution is 2.20. The number of anilines is 3. The molecule has 0 fully saturated rings. The highest BCUT2D eigenvalue weighted by molar-refractivity contribution is 6.04. The maximum Gasteiger partial charge on any atom is 0.278 e. The average molecular weight is 332 g/mol. The molecule has 0 atom stereocenters. The van der Waals surface area contributed by atoms with Crippen molar-refractivity contribution in [1.29, 1.82) is 0 Å². The number of hydrogen-bond donors (Lipinski definition) is 1. The average Bonchev–Trinajstić information content (AvgIpc) is 2.65. The number of aryl methyl sites for hydroxylation is 2. The quantitative estimate of drug-likeness (QED) is 0.781. The first-order valence-corrected chi connectivity index (χ1v) is 8.04. The van der Waals surface area contributed by atoms with Crippen molar-refractivity contribution >= 4 is 23.1 Å². The molecule has 0 aliphatic carbocycles. The maximum absolute atomic E-state index is 12.5. The minimum absolute atomic E-state index is 0.197. The topological polar surface area (TPSA) is 58.1 Å². The number of rotatable bonds is 4. The second kappa shape index (κ2) is 7.13. The number of nitrogens with zero attached hydrogens (tertiary/aromatic N) is 3. The zero-order chi connectivity index (χ0) is 17.8. The lowest BCUT2D eigenvalue weighted by Gasteiger charge is -2.16. The van der Waals surface area contributed by atoms with Gasteiger partial charge in [-0.1, -0.05) is 30.3 Å². The summed E-state index contributed by atoms with van der Waals surface area (Å²) in [6, 6.07) is 15.6. The Kier molecular flexibility index (Phi) is 4.75. The fourth-order valence-corrected chi connectivity index (χ4v) is 2.45. The van der Waals surface area contributed by atoms with E-state index in [1.54, 1.807) is 18.1 Å². The Balaban J connectivity index is 1.76. The molecule has 5 heteroatoms. The zero-order valence-electron chi connectivity index (χ0n) is 14.5. The van der Waals surface area contributed by atoms with Gasteiger partial charge in [-0.25, -0.2) is 9.97 Å². The standard InChI is InChI=1S/C20H20N4O/c1-14-9-10-15(2)17(11-14)23-19-13-21-18(12-22-19)20(25)24(3)16-7-5-4-6-8-16/h4-13H,1-3H3,(H,22,23). The summed E-state index contributed by atoms with van der Waals surface area (Å²) in [5.74, 6) is 0.407. The van der Waals surface area contributed by atoms with E-state index >= 15 is 0 Å². The first kappa shape index (κ1) is 16.6. The molecular formula is C20H20N4O.